The molecule has 1 heterocycles. The average Bonchev–Trinajstić information content (AvgIpc) is 3.27. The fourth-order valence-corrected chi connectivity index (χ4v) is 3.35. The molecule has 1 N–H and O–H groups in total. The van der Waals surface area contributed by atoms with Crippen molar-refractivity contribution in [1.82, 2.24) is 10.2 Å². The number of ether oxygens (including phenoxy) is 1. The molecule has 1 unspecified atom stereocenters. The van der Waals surface area contributed by atoms with Crippen LogP contribution in [-0.4, -0.2) is 49.3 Å². The first-order valence-electron chi connectivity index (χ1n) is 8.67. The number of nitrogens with zero attached hydrogens (tertiary/aromatic N) is 1. The summed E-state index contributed by atoms with van der Waals surface area (Å²) in [5.41, 5.74) is 0.321. The molecule has 0 amide bonds. The first-order chi connectivity index (χ1) is 9.60. The number of hydrogen-bond acceptors (Lipinski definition) is 3. The number of rotatable bonds is 8. The molecule has 2 aliphatic rings. The zero-order valence-corrected chi connectivity index (χ0v) is 14.0. The van der Waals surface area contributed by atoms with E-state index in [0.717, 1.165) is 32.2 Å². The molecule has 3 heteroatoms. The van der Waals surface area contributed by atoms with Gasteiger partial charge in [-0.25, -0.2) is 0 Å². The van der Waals surface area contributed by atoms with Crippen molar-refractivity contribution in [3.05, 3.63) is 0 Å². The Morgan fingerprint density at radius 2 is 1.95 bits per heavy atom. The Balaban J connectivity index is 1.84. The SMILES string of the molecule is CCC1(CC)CN(CCOCC2CC2)C(C(C)C)CN1. The van der Waals surface area contributed by atoms with Gasteiger partial charge in [0.15, 0.2) is 0 Å². The van der Waals surface area contributed by atoms with Crippen LogP contribution < -0.4 is 5.32 Å². The third kappa shape index (κ3) is 4.19. The van der Waals surface area contributed by atoms with E-state index in [-0.39, 0.29) is 0 Å². The van der Waals surface area contributed by atoms with Crippen LogP contribution in [0.5, 0.6) is 0 Å². The van der Waals surface area contributed by atoms with Crippen LogP contribution in [0, 0.1) is 11.8 Å². The Labute approximate surface area is 125 Å². The highest BCUT2D eigenvalue weighted by Gasteiger charge is 2.37. The van der Waals surface area contributed by atoms with Crippen molar-refractivity contribution in [2.75, 3.05) is 32.8 Å². The molecule has 0 bridgehead atoms. The van der Waals surface area contributed by atoms with Gasteiger partial charge in [-0.05, 0) is 37.5 Å². The van der Waals surface area contributed by atoms with E-state index in [0.29, 0.717) is 17.5 Å². The summed E-state index contributed by atoms with van der Waals surface area (Å²) >= 11 is 0. The van der Waals surface area contributed by atoms with Crippen molar-refractivity contribution >= 4 is 0 Å². The Morgan fingerprint density at radius 1 is 1.25 bits per heavy atom. The Bertz CT molecular complexity index is 285. The second-order valence-electron chi connectivity index (χ2n) is 7.17. The molecule has 118 valence electrons. The third-order valence-corrected chi connectivity index (χ3v) is 5.36. The van der Waals surface area contributed by atoms with Gasteiger partial charge in [-0.1, -0.05) is 27.7 Å². The average molecular weight is 282 g/mol. The van der Waals surface area contributed by atoms with E-state index in [1.165, 1.54) is 32.2 Å². The zero-order chi connectivity index (χ0) is 14.6. The quantitative estimate of drug-likeness (QED) is 0.693. The zero-order valence-electron chi connectivity index (χ0n) is 14.0. The van der Waals surface area contributed by atoms with E-state index in [1.54, 1.807) is 0 Å². The van der Waals surface area contributed by atoms with Gasteiger partial charge in [-0.2, -0.15) is 0 Å². The van der Waals surface area contributed by atoms with Crippen LogP contribution in [-0.2, 0) is 4.74 Å². The van der Waals surface area contributed by atoms with Crippen LogP contribution >= 0.6 is 0 Å². The molecule has 1 aliphatic carbocycles. The summed E-state index contributed by atoms with van der Waals surface area (Å²) in [6.07, 6.45) is 5.20. The van der Waals surface area contributed by atoms with Crippen LogP contribution in [0.4, 0.5) is 0 Å². The summed E-state index contributed by atoms with van der Waals surface area (Å²) in [5, 5.41) is 3.83. The molecule has 0 aromatic heterocycles. The molecule has 20 heavy (non-hydrogen) atoms. The van der Waals surface area contributed by atoms with Crippen LogP contribution in [0.3, 0.4) is 0 Å². The summed E-state index contributed by atoms with van der Waals surface area (Å²) in [7, 11) is 0. The van der Waals surface area contributed by atoms with Crippen molar-refractivity contribution in [1.29, 1.82) is 0 Å². The molecule has 0 aromatic rings. The van der Waals surface area contributed by atoms with E-state index >= 15 is 0 Å². The maximum atomic E-state index is 5.86. The third-order valence-electron chi connectivity index (χ3n) is 5.36. The maximum absolute atomic E-state index is 5.86. The molecule has 1 aliphatic heterocycles. The summed E-state index contributed by atoms with van der Waals surface area (Å²) in [6, 6.07) is 0.658. The molecule has 1 atom stereocenters. The summed E-state index contributed by atoms with van der Waals surface area (Å²) in [6.45, 7) is 14.6. The minimum Gasteiger partial charge on any atom is -0.380 e. The van der Waals surface area contributed by atoms with Gasteiger partial charge >= 0.3 is 0 Å². The molecule has 2 fully saturated rings. The molecular weight excluding hydrogens is 248 g/mol. The topological polar surface area (TPSA) is 24.5 Å². The van der Waals surface area contributed by atoms with Crippen molar-refractivity contribution in [3.63, 3.8) is 0 Å². The van der Waals surface area contributed by atoms with Crippen LogP contribution in [0.25, 0.3) is 0 Å². The van der Waals surface area contributed by atoms with Gasteiger partial charge in [0.1, 0.15) is 0 Å². The first-order valence-corrected chi connectivity index (χ1v) is 8.67. The van der Waals surface area contributed by atoms with Gasteiger partial charge in [0.25, 0.3) is 0 Å². The normalized spacial score (nSPS) is 27.1. The van der Waals surface area contributed by atoms with Crippen molar-refractivity contribution < 1.29 is 4.74 Å². The number of piperazine rings is 1. The van der Waals surface area contributed by atoms with Crippen LogP contribution in [0.15, 0.2) is 0 Å². The van der Waals surface area contributed by atoms with Crippen molar-refractivity contribution in [2.24, 2.45) is 11.8 Å². The fraction of sp³-hybridized carbons (Fsp3) is 1.00. The largest absolute Gasteiger partial charge is 0.380 e. The van der Waals surface area contributed by atoms with Crippen LogP contribution in [0.1, 0.15) is 53.4 Å². The summed E-state index contributed by atoms with van der Waals surface area (Å²) < 4.78 is 5.86. The van der Waals surface area contributed by atoms with Gasteiger partial charge in [0.2, 0.25) is 0 Å². The number of nitrogens with one attached hydrogen (secondary N) is 1. The van der Waals surface area contributed by atoms with E-state index in [2.05, 4.69) is 37.9 Å². The predicted molar refractivity (Wildman–Crippen MR) is 85.1 cm³/mol. The van der Waals surface area contributed by atoms with Gasteiger partial charge in [0, 0.05) is 37.8 Å². The van der Waals surface area contributed by atoms with Crippen LogP contribution in [0.2, 0.25) is 0 Å². The van der Waals surface area contributed by atoms with Gasteiger partial charge < -0.3 is 10.1 Å². The molecule has 2 rings (SSSR count). The van der Waals surface area contributed by atoms with Gasteiger partial charge in [-0.3, -0.25) is 4.90 Å². The van der Waals surface area contributed by atoms with Gasteiger partial charge in [0.05, 0.1) is 6.61 Å². The highest BCUT2D eigenvalue weighted by molar-refractivity contribution is 4.97. The lowest BCUT2D eigenvalue weighted by Crippen LogP contribution is -2.65. The fourth-order valence-electron chi connectivity index (χ4n) is 3.35. The molecule has 0 radical (unpaired) electrons. The predicted octanol–water partition coefficient (Wildman–Crippen LogP) is 2.90. The van der Waals surface area contributed by atoms with E-state index in [1.807, 2.05) is 0 Å². The minimum absolute atomic E-state index is 0.321. The monoisotopic (exact) mass is 282 g/mol. The second kappa shape index (κ2) is 7.24. The Hall–Kier alpha value is -0.120. The standard InChI is InChI=1S/C17H34N2O/c1-5-17(6-2)13-19(16(11-18-17)14(3)4)9-10-20-12-15-7-8-15/h14-16,18H,5-13H2,1-4H3. The molecule has 0 spiro atoms. The molecule has 3 nitrogen and oxygen atoms in total. The smallest absolute Gasteiger partial charge is 0.0593 e. The lowest BCUT2D eigenvalue weighted by atomic mass is 9.86. The molecule has 1 saturated heterocycles. The highest BCUT2D eigenvalue weighted by Crippen LogP contribution is 2.29. The molecular formula is C17H34N2O. The highest BCUT2D eigenvalue weighted by atomic mass is 16.5. The maximum Gasteiger partial charge on any atom is 0.0593 e. The summed E-state index contributed by atoms with van der Waals surface area (Å²) in [4.78, 5) is 2.68. The first kappa shape index (κ1) is 16.3. The summed E-state index contributed by atoms with van der Waals surface area (Å²) in [5.74, 6) is 1.59. The van der Waals surface area contributed by atoms with E-state index in [4.69, 9.17) is 4.74 Å². The number of hydrogen-bond donors (Lipinski definition) is 1. The minimum atomic E-state index is 0.321. The Kier molecular flexibility index (Phi) is 5.88. The Morgan fingerprint density at radius 3 is 2.50 bits per heavy atom. The van der Waals surface area contributed by atoms with Gasteiger partial charge in [-0.15, -0.1) is 0 Å². The second-order valence-corrected chi connectivity index (χ2v) is 7.17. The lowest BCUT2D eigenvalue weighted by molar-refractivity contribution is 0.0200. The van der Waals surface area contributed by atoms with E-state index < -0.39 is 0 Å². The molecule has 1 saturated carbocycles. The van der Waals surface area contributed by atoms with Crippen molar-refractivity contribution in [3.8, 4) is 0 Å². The van der Waals surface area contributed by atoms with E-state index in [9.17, 15) is 0 Å². The lowest BCUT2D eigenvalue weighted by Gasteiger charge is -2.49. The molecule has 0 aromatic carbocycles. The van der Waals surface area contributed by atoms with Crippen molar-refractivity contribution in [2.45, 2.75) is 65.0 Å².